The van der Waals surface area contributed by atoms with Crippen LogP contribution in [0.15, 0.2) is 60.7 Å². The molecule has 178 valence electrons. The first kappa shape index (κ1) is 27.8. The van der Waals surface area contributed by atoms with Gasteiger partial charge >= 0.3 is 0 Å². The molecule has 0 saturated heterocycles. The van der Waals surface area contributed by atoms with Crippen LogP contribution >= 0.6 is 6.57 Å². The smallest absolute Gasteiger partial charge is 0.129 e. The summed E-state index contributed by atoms with van der Waals surface area (Å²) < 4.78 is 0. The second-order valence-electron chi connectivity index (χ2n) is 12.6. The van der Waals surface area contributed by atoms with Gasteiger partial charge in [-0.05, 0) is 32.0 Å². The van der Waals surface area contributed by atoms with Crippen molar-refractivity contribution in [2.24, 2.45) is 0 Å². The van der Waals surface area contributed by atoms with Crippen molar-refractivity contribution < 1.29 is 0 Å². The van der Waals surface area contributed by atoms with E-state index < -0.39 is 23.2 Å². The van der Waals surface area contributed by atoms with Crippen LogP contribution in [-0.4, -0.2) is 23.2 Å². The molecule has 32 heavy (non-hydrogen) atoms. The molecule has 0 saturated carbocycles. The summed E-state index contributed by atoms with van der Waals surface area (Å²) in [6, 6.07) is 23.7. The summed E-state index contributed by atoms with van der Waals surface area (Å²) in [7, 11) is -5.40. The van der Waals surface area contributed by atoms with E-state index in [1.165, 1.54) is 0 Å². The monoisotopic (exact) mass is 500 g/mol. The minimum absolute atomic E-state index is 0.139. The second-order valence-corrected chi connectivity index (χ2v) is 43.3. The van der Waals surface area contributed by atoms with Gasteiger partial charge in [0, 0.05) is 0 Å². The fourth-order valence-corrected chi connectivity index (χ4v) is 86.8. The van der Waals surface area contributed by atoms with Crippen molar-refractivity contribution in [3.8, 4) is 0 Å². The van der Waals surface area contributed by atoms with Crippen LogP contribution in [0.5, 0.6) is 0 Å². The first-order valence-electron chi connectivity index (χ1n) is 12.6. The maximum absolute atomic E-state index is 2.73. The van der Waals surface area contributed by atoms with Crippen LogP contribution in [0.4, 0.5) is 0 Å². The lowest BCUT2D eigenvalue weighted by Crippen LogP contribution is -2.70. The fourth-order valence-electron chi connectivity index (χ4n) is 7.13. The van der Waals surface area contributed by atoms with Crippen molar-refractivity contribution in [3.05, 3.63) is 60.7 Å². The van der Waals surface area contributed by atoms with E-state index >= 15 is 0 Å². The Labute approximate surface area is 204 Å². The summed E-state index contributed by atoms with van der Waals surface area (Å²) >= 11 is 0. The normalized spacial score (nSPS) is 15.0. The Hall–Kier alpha value is -0.479. The Kier molecular flexibility index (Phi) is 8.69. The molecule has 0 bridgehead atoms. The summed E-state index contributed by atoms with van der Waals surface area (Å²) in [5.41, 5.74) is 2.38. The van der Waals surface area contributed by atoms with Gasteiger partial charge in [-0.15, -0.1) is 6.57 Å². The van der Waals surface area contributed by atoms with E-state index in [9.17, 15) is 0 Å². The Morgan fingerprint density at radius 3 is 1.12 bits per heavy atom. The van der Waals surface area contributed by atoms with Gasteiger partial charge in [0.1, 0.15) is 7.74 Å². The van der Waals surface area contributed by atoms with Gasteiger partial charge in [0.25, 0.3) is 0 Å². The van der Waals surface area contributed by atoms with Gasteiger partial charge in [-0.3, -0.25) is 0 Å². The number of rotatable bonds is 8. The third kappa shape index (κ3) is 4.57. The maximum Gasteiger partial charge on any atom is 0.141 e. The van der Waals surface area contributed by atoms with Crippen molar-refractivity contribution in [3.63, 3.8) is 0 Å². The molecule has 0 heterocycles. The predicted molar refractivity (Wildman–Crippen MR) is 159 cm³/mol. The van der Waals surface area contributed by atoms with Gasteiger partial charge in [0.2, 0.25) is 0 Å². The van der Waals surface area contributed by atoms with E-state index in [0.29, 0.717) is 0 Å². The molecule has 1 unspecified atom stereocenters. The summed E-state index contributed by atoms with van der Waals surface area (Å²) in [5.74, 6) is 0. The SMILES string of the molecule is CC(C)[Si](C(C)C)(C(C)C)P([Si](C)(C)C)[Si](c1ccccc1)(c1ccccc1)C(C)(C)C. The third-order valence-corrected chi connectivity index (χ3v) is 62.1. The van der Waals surface area contributed by atoms with E-state index in [1.54, 1.807) is 10.4 Å². The summed E-state index contributed by atoms with van der Waals surface area (Å²) in [4.78, 5) is 0. The summed E-state index contributed by atoms with van der Waals surface area (Å²) in [5, 5.41) is 3.62. The van der Waals surface area contributed by atoms with Crippen LogP contribution in [-0.2, 0) is 0 Å². The largest absolute Gasteiger partial charge is 0.141 e. The Balaban J connectivity index is 3.22. The molecule has 0 fully saturated rings. The molecule has 0 aliphatic rings. The number of hydrogen-bond acceptors (Lipinski definition) is 0. The molecule has 0 N–H and O–H groups in total. The second kappa shape index (κ2) is 10.0. The average molecular weight is 501 g/mol. The predicted octanol–water partition coefficient (Wildman–Crippen LogP) is 9.04. The molecule has 0 nitrogen and oxygen atoms in total. The van der Waals surface area contributed by atoms with Crippen LogP contribution in [0.2, 0.25) is 41.3 Å². The Morgan fingerprint density at radius 2 is 0.906 bits per heavy atom. The zero-order valence-electron chi connectivity index (χ0n) is 23.0. The lowest BCUT2D eigenvalue weighted by molar-refractivity contribution is 0.744. The highest BCUT2D eigenvalue weighted by Crippen LogP contribution is 2.74. The molecule has 1 atom stereocenters. The molecule has 0 aromatic heterocycles. The first-order chi connectivity index (χ1) is 14.7. The molecule has 0 aliphatic heterocycles. The van der Waals surface area contributed by atoms with E-state index in [0.717, 1.165) is 16.6 Å². The van der Waals surface area contributed by atoms with Gasteiger partial charge in [0.05, 0.1) is 15.5 Å². The molecule has 4 heteroatoms. The standard InChI is InChI=1S/C28H49PSi3/c1-23(2)31(24(3)4,25(5)6)29(30(10,11)12)32(28(7,8)9,26-19-15-13-16-20-26)27-21-17-14-18-22-27/h13-25H,1-12H3. The highest BCUT2D eigenvalue weighted by molar-refractivity contribution is 8.39. The average Bonchev–Trinajstić information content (AvgIpc) is 2.67. The van der Waals surface area contributed by atoms with Gasteiger partial charge < -0.3 is 0 Å². The van der Waals surface area contributed by atoms with E-state index in [1.807, 2.05) is 0 Å². The minimum atomic E-state index is -2.15. The molecule has 0 amide bonds. The number of hydrogen-bond donors (Lipinski definition) is 0. The molecular formula is C28H49PSi3. The van der Waals surface area contributed by atoms with Crippen molar-refractivity contribution in [1.29, 1.82) is 0 Å². The Morgan fingerprint density at radius 1 is 0.594 bits per heavy atom. The van der Waals surface area contributed by atoms with Crippen molar-refractivity contribution >= 4 is 40.2 Å². The van der Waals surface area contributed by atoms with Gasteiger partial charge in [-0.1, -0.05) is 143 Å². The van der Waals surface area contributed by atoms with Gasteiger partial charge in [-0.25, -0.2) is 0 Å². The maximum atomic E-state index is 2.73. The van der Waals surface area contributed by atoms with Gasteiger partial charge in [0.15, 0.2) is 0 Å². The lowest BCUT2D eigenvalue weighted by atomic mass is 10.2. The van der Waals surface area contributed by atoms with Crippen molar-refractivity contribution in [2.45, 2.75) is 104 Å². The van der Waals surface area contributed by atoms with Crippen LogP contribution in [0, 0.1) is 0 Å². The lowest BCUT2D eigenvalue weighted by Gasteiger charge is -2.64. The highest BCUT2D eigenvalue weighted by Gasteiger charge is 2.65. The Bertz CT molecular complexity index is 784. The fraction of sp³-hybridized carbons (Fsp3) is 0.571. The van der Waals surface area contributed by atoms with Crippen molar-refractivity contribution in [1.82, 2.24) is 0 Å². The van der Waals surface area contributed by atoms with Crippen LogP contribution in [0.1, 0.15) is 62.3 Å². The third-order valence-electron chi connectivity index (χ3n) is 7.64. The molecule has 0 aliphatic carbocycles. The van der Waals surface area contributed by atoms with Crippen LogP contribution in [0.25, 0.3) is 0 Å². The quantitative estimate of drug-likeness (QED) is 0.250. The summed E-state index contributed by atoms with van der Waals surface area (Å²) in [6.07, 6.45) is 0. The molecule has 0 spiro atoms. The number of benzene rings is 2. The van der Waals surface area contributed by atoms with E-state index in [-0.39, 0.29) is 11.6 Å². The molecular weight excluding hydrogens is 452 g/mol. The molecule has 2 aromatic rings. The molecule has 2 aromatic carbocycles. The van der Waals surface area contributed by atoms with E-state index in [4.69, 9.17) is 0 Å². The highest BCUT2D eigenvalue weighted by atomic mass is 31.8. The molecule has 0 radical (unpaired) electrons. The first-order valence-corrected chi connectivity index (χ1v) is 24.2. The van der Waals surface area contributed by atoms with Crippen LogP contribution in [0.3, 0.4) is 0 Å². The van der Waals surface area contributed by atoms with E-state index in [2.05, 4.69) is 143 Å². The topological polar surface area (TPSA) is 0 Å². The zero-order valence-corrected chi connectivity index (χ0v) is 26.8. The molecule has 2 rings (SSSR count). The summed E-state index contributed by atoms with van der Waals surface area (Å²) in [6.45, 7) is 31.4. The van der Waals surface area contributed by atoms with Crippen LogP contribution < -0.4 is 10.4 Å². The van der Waals surface area contributed by atoms with Crippen molar-refractivity contribution in [2.75, 3.05) is 0 Å². The zero-order chi connectivity index (χ0) is 24.5. The van der Waals surface area contributed by atoms with Gasteiger partial charge in [-0.2, -0.15) is 0 Å². The minimum Gasteiger partial charge on any atom is -0.129 e.